The van der Waals surface area contributed by atoms with E-state index in [9.17, 15) is 10.5 Å². The summed E-state index contributed by atoms with van der Waals surface area (Å²) in [5, 5.41) is 22.3. The van der Waals surface area contributed by atoms with Crippen molar-refractivity contribution in [1.82, 2.24) is 5.32 Å². The van der Waals surface area contributed by atoms with Crippen LogP contribution in [0.1, 0.15) is 32.4 Å². The first-order valence-electron chi connectivity index (χ1n) is 8.41. The molecule has 0 radical (unpaired) electrons. The van der Waals surface area contributed by atoms with Gasteiger partial charge in [-0.1, -0.05) is 12.1 Å². The number of nitrogens with zero attached hydrogens (tertiary/aromatic N) is 2. The van der Waals surface area contributed by atoms with Gasteiger partial charge in [0, 0.05) is 11.4 Å². The minimum absolute atomic E-state index is 0.492. The van der Waals surface area contributed by atoms with Gasteiger partial charge in [-0.05, 0) is 45.0 Å². The summed E-state index contributed by atoms with van der Waals surface area (Å²) in [6, 6.07) is 15.7. The third-order valence-electron chi connectivity index (χ3n) is 4.36. The lowest BCUT2D eigenvalue weighted by atomic mass is 9.85. The molecule has 2 aromatic rings. The van der Waals surface area contributed by atoms with Crippen molar-refractivity contribution >= 4 is 0 Å². The Kier molecular flexibility index (Phi) is 4.82. The molecule has 1 aromatic heterocycles. The van der Waals surface area contributed by atoms with Gasteiger partial charge >= 0.3 is 0 Å². The third-order valence-corrected chi connectivity index (χ3v) is 4.36. The van der Waals surface area contributed by atoms with Crippen LogP contribution in [0.2, 0.25) is 0 Å². The molecule has 130 valence electrons. The minimum Gasteiger partial charge on any atom is -0.493 e. The Labute approximate surface area is 152 Å². The molecule has 0 bridgehead atoms. The molecule has 1 N–H and O–H groups in total. The first-order chi connectivity index (χ1) is 12.6. The van der Waals surface area contributed by atoms with Gasteiger partial charge < -0.3 is 14.5 Å². The zero-order valence-corrected chi connectivity index (χ0v) is 15.0. The van der Waals surface area contributed by atoms with Gasteiger partial charge in [0.15, 0.2) is 0 Å². The fourth-order valence-electron chi connectivity index (χ4n) is 3.18. The van der Waals surface area contributed by atoms with E-state index < -0.39 is 5.92 Å². The Bertz CT molecular complexity index is 947. The second-order valence-corrected chi connectivity index (χ2v) is 5.99. The molecule has 26 heavy (non-hydrogen) atoms. The largest absolute Gasteiger partial charge is 0.493 e. The van der Waals surface area contributed by atoms with Gasteiger partial charge in [0.25, 0.3) is 0 Å². The number of furan rings is 1. The Morgan fingerprint density at radius 1 is 1.04 bits per heavy atom. The van der Waals surface area contributed by atoms with E-state index in [1.54, 1.807) is 0 Å². The summed E-state index contributed by atoms with van der Waals surface area (Å²) in [7, 11) is 0. The van der Waals surface area contributed by atoms with Gasteiger partial charge in [-0.2, -0.15) is 10.5 Å². The van der Waals surface area contributed by atoms with Gasteiger partial charge in [-0.15, -0.1) is 0 Å². The van der Waals surface area contributed by atoms with Crippen molar-refractivity contribution in [3.63, 3.8) is 0 Å². The highest BCUT2D eigenvalue weighted by molar-refractivity contribution is 5.66. The highest BCUT2D eigenvalue weighted by Gasteiger charge is 2.32. The number of dihydropyridines is 1. The van der Waals surface area contributed by atoms with Gasteiger partial charge in [-0.25, -0.2) is 0 Å². The third kappa shape index (κ3) is 2.96. The molecule has 0 saturated heterocycles. The average Bonchev–Trinajstić information content (AvgIpc) is 3.11. The van der Waals surface area contributed by atoms with Crippen molar-refractivity contribution in [2.75, 3.05) is 6.61 Å². The molecule has 0 fully saturated rings. The van der Waals surface area contributed by atoms with Crippen molar-refractivity contribution in [2.24, 2.45) is 0 Å². The number of nitriles is 2. The summed E-state index contributed by atoms with van der Waals surface area (Å²) in [5.74, 6) is 1.45. The molecule has 5 heteroatoms. The molecule has 3 rings (SSSR count). The summed E-state index contributed by atoms with van der Waals surface area (Å²) in [6.07, 6.45) is 0. The number of hydrogen-bond donors (Lipinski definition) is 1. The van der Waals surface area contributed by atoms with E-state index in [2.05, 4.69) is 17.5 Å². The number of hydrogen-bond acceptors (Lipinski definition) is 5. The number of para-hydroxylation sites is 1. The maximum atomic E-state index is 9.59. The van der Waals surface area contributed by atoms with E-state index in [4.69, 9.17) is 9.15 Å². The highest BCUT2D eigenvalue weighted by atomic mass is 16.5. The summed E-state index contributed by atoms with van der Waals surface area (Å²) < 4.78 is 11.8. The van der Waals surface area contributed by atoms with Crippen LogP contribution in [0.4, 0.5) is 0 Å². The monoisotopic (exact) mass is 345 g/mol. The smallest absolute Gasteiger partial charge is 0.138 e. The van der Waals surface area contributed by atoms with Crippen LogP contribution in [0, 0.1) is 22.7 Å². The highest BCUT2D eigenvalue weighted by Crippen LogP contribution is 2.40. The van der Waals surface area contributed by atoms with E-state index in [1.807, 2.05) is 57.2 Å². The maximum absolute atomic E-state index is 9.59. The lowest BCUT2D eigenvalue weighted by molar-refractivity contribution is 0.340. The number of benzene rings is 1. The quantitative estimate of drug-likeness (QED) is 0.874. The van der Waals surface area contributed by atoms with E-state index in [0.717, 1.165) is 22.7 Å². The first kappa shape index (κ1) is 17.4. The van der Waals surface area contributed by atoms with Gasteiger partial charge in [-0.3, -0.25) is 0 Å². The van der Waals surface area contributed by atoms with Crippen molar-refractivity contribution in [1.29, 1.82) is 10.5 Å². The second-order valence-electron chi connectivity index (χ2n) is 5.99. The Morgan fingerprint density at radius 3 is 2.31 bits per heavy atom. The molecule has 0 atom stereocenters. The van der Waals surface area contributed by atoms with Gasteiger partial charge in [0.1, 0.15) is 17.3 Å². The van der Waals surface area contributed by atoms with Crippen molar-refractivity contribution in [3.05, 3.63) is 64.7 Å². The van der Waals surface area contributed by atoms with Crippen LogP contribution in [-0.4, -0.2) is 6.61 Å². The number of allylic oxidation sites excluding steroid dienone is 4. The molecule has 0 amide bonds. The molecule has 1 aliphatic heterocycles. The number of rotatable bonds is 4. The Balaban J connectivity index is 2.08. The van der Waals surface area contributed by atoms with E-state index >= 15 is 0 Å². The molecule has 0 aliphatic carbocycles. The normalized spacial score (nSPS) is 14.7. The van der Waals surface area contributed by atoms with Crippen LogP contribution in [0.5, 0.6) is 5.75 Å². The lowest BCUT2D eigenvalue weighted by Crippen LogP contribution is -2.23. The van der Waals surface area contributed by atoms with E-state index in [-0.39, 0.29) is 0 Å². The second kappa shape index (κ2) is 7.21. The summed E-state index contributed by atoms with van der Waals surface area (Å²) >= 11 is 0. The van der Waals surface area contributed by atoms with E-state index in [0.29, 0.717) is 29.3 Å². The standard InChI is InChI=1S/C21H19N3O2/c1-4-25-18-8-6-5-7-15(18)19-9-10-20(26-19)21-16(11-22)13(2)24-14(3)17(21)12-23/h5-10,21,24H,4H2,1-3H3. The number of nitrogens with one attached hydrogen (secondary N) is 1. The van der Waals surface area contributed by atoms with Crippen LogP contribution >= 0.6 is 0 Å². The Hall–Kier alpha value is -3.44. The number of ether oxygens (including phenoxy) is 1. The molecule has 0 spiro atoms. The van der Waals surface area contributed by atoms with Crippen LogP contribution in [0.3, 0.4) is 0 Å². The van der Waals surface area contributed by atoms with Gasteiger partial charge in [0.05, 0.1) is 41.4 Å². The average molecular weight is 345 g/mol. The summed E-state index contributed by atoms with van der Waals surface area (Å²) in [4.78, 5) is 0. The molecule has 1 aromatic carbocycles. The predicted molar refractivity (Wildman–Crippen MR) is 97.8 cm³/mol. The van der Waals surface area contributed by atoms with Crippen LogP contribution in [0.25, 0.3) is 11.3 Å². The molecular formula is C21H19N3O2. The van der Waals surface area contributed by atoms with Crippen molar-refractivity contribution < 1.29 is 9.15 Å². The maximum Gasteiger partial charge on any atom is 0.138 e. The molecule has 2 heterocycles. The SMILES string of the molecule is CCOc1ccccc1-c1ccc(C2C(C#N)=C(C)NC(C)=C2C#N)o1. The van der Waals surface area contributed by atoms with Crippen LogP contribution in [-0.2, 0) is 0 Å². The molecular weight excluding hydrogens is 326 g/mol. The van der Waals surface area contributed by atoms with Crippen LogP contribution in [0.15, 0.2) is 63.4 Å². The summed E-state index contributed by atoms with van der Waals surface area (Å²) in [6.45, 7) is 6.15. The van der Waals surface area contributed by atoms with E-state index in [1.165, 1.54) is 0 Å². The fraction of sp³-hybridized carbons (Fsp3) is 0.238. The lowest BCUT2D eigenvalue weighted by Gasteiger charge is -2.24. The first-order valence-corrected chi connectivity index (χ1v) is 8.41. The fourth-order valence-corrected chi connectivity index (χ4v) is 3.18. The zero-order valence-electron chi connectivity index (χ0n) is 15.0. The molecule has 0 saturated carbocycles. The molecule has 5 nitrogen and oxygen atoms in total. The van der Waals surface area contributed by atoms with Crippen LogP contribution < -0.4 is 10.1 Å². The topological polar surface area (TPSA) is 82.0 Å². The molecule has 1 aliphatic rings. The summed E-state index contributed by atoms with van der Waals surface area (Å²) in [5.41, 5.74) is 3.30. The zero-order chi connectivity index (χ0) is 18.7. The van der Waals surface area contributed by atoms with Crippen molar-refractivity contribution in [3.8, 4) is 29.2 Å². The minimum atomic E-state index is -0.501. The van der Waals surface area contributed by atoms with Gasteiger partial charge in [0.2, 0.25) is 0 Å². The Morgan fingerprint density at radius 2 is 1.69 bits per heavy atom. The predicted octanol–water partition coefficient (Wildman–Crippen LogP) is 4.63. The molecule has 0 unspecified atom stereocenters. The van der Waals surface area contributed by atoms with Crippen molar-refractivity contribution in [2.45, 2.75) is 26.7 Å².